The van der Waals surface area contributed by atoms with Gasteiger partial charge in [0.25, 0.3) is 0 Å². The maximum atomic E-state index is 13.9. The molecule has 2 heterocycles. The molecule has 1 aromatic heterocycles. The van der Waals surface area contributed by atoms with E-state index in [9.17, 15) is 8.78 Å². The van der Waals surface area contributed by atoms with E-state index in [0.29, 0.717) is 11.4 Å². The number of halogens is 2. The van der Waals surface area contributed by atoms with E-state index in [2.05, 4.69) is 4.98 Å². The van der Waals surface area contributed by atoms with Crippen molar-refractivity contribution in [1.29, 1.82) is 0 Å². The summed E-state index contributed by atoms with van der Waals surface area (Å²) in [5.74, 6) is -0.582. The van der Waals surface area contributed by atoms with Crippen LogP contribution in [0.5, 0.6) is 5.88 Å². The number of ether oxygens (including phenoxy) is 1. The van der Waals surface area contributed by atoms with Gasteiger partial charge < -0.3 is 4.74 Å². The molecule has 98 valence electrons. The van der Waals surface area contributed by atoms with Crippen molar-refractivity contribution in [1.82, 2.24) is 4.98 Å². The molecule has 0 amide bonds. The molecule has 1 atom stereocenters. The first-order chi connectivity index (χ1) is 9.15. The van der Waals surface area contributed by atoms with Gasteiger partial charge in [0.1, 0.15) is 11.6 Å². The molecule has 2 aromatic rings. The highest BCUT2D eigenvalue weighted by Gasteiger charge is 2.21. The monoisotopic (exact) mass is 261 g/mol. The van der Waals surface area contributed by atoms with E-state index in [-0.39, 0.29) is 6.10 Å². The van der Waals surface area contributed by atoms with E-state index in [1.54, 1.807) is 12.3 Å². The Labute approximate surface area is 110 Å². The fourth-order valence-electron chi connectivity index (χ4n) is 2.37. The van der Waals surface area contributed by atoms with Crippen molar-refractivity contribution in [2.24, 2.45) is 0 Å². The summed E-state index contributed by atoms with van der Waals surface area (Å²) in [5.41, 5.74) is 2.01. The van der Waals surface area contributed by atoms with E-state index >= 15 is 0 Å². The number of nitrogens with zero attached hydrogens (tertiary/aromatic N) is 1. The first-order valence-corrected chi connectivity index (χ1v) is 6.25. The molecule has 1 aromatic carbocycles. The van der Waals surface area contributed by atoms with Crippen LogP contribution in [-0.2, 0) is 6.42 Å². The Hall–Kier alpha value is -1.97. The van der Waals surface area contributed by atoms with Crippen LogP contribution >= 0.6 is 0 Å². The van der Waals surface area contributed by atoms with Gasteiger partial charge in [-0.25, -0.2) is 13.8 Å². The first kappa shape index (κ1) is 12.1. The molecule has 2 nitrogen and oxygen atoms in total. The second kappa shape index (κ2) is 4.61. The second-order valence-electron chi connectivity index (χ2n) is 4.73. The zero-order chi connectivity index (χ0) is 13.4. The van der Waals surface area contributed by atoms with Crippen molar-refractivity contribution < 1.29 is 13.5 Å². The summed E-state index contributed by atoms with van der Waals surface area (Å²) >= 11 is 0. The summed E-state index contributed by atoms with van der Waals surface area (Å²) in [4.78, 5) is 4.18. The number of rotatable bonds is 1. The number of aromatic nitrogens is 1. The minimum Gasteiger partial charge on any atom is -0.474 e. The molecule has 0 fully saturated rings. The van der Waals surface area contributed by atoms with Crippen molar-refractivity contribution >= 4 is 0 Å². The summed E-state index contributed by atoms with van der Waals surface area (Å²) in [6.07, 6.45) is 3.37. The van der Waals surface area contributed by atoms with Crippen LogP contribution in [0.3, 0.4) is 0 Å². The Bertz CT molecular complexity index is 628. The predicted molar refractivity (Wildman–Crippen MR) is 68.0 cm³/mol. The van der Waals surface area contributed by atoms with Crippen LogP contribution in [0, 0.1) is 11.6 Å². The highest BCUT2D eigenvalue weighted by Crippen LogP contribution is 2.35. The lowest BCUT2D eigenvalue weighted by molar-refractivity contribution is 0.184. The maximum absolute atomic E-state index is 13.9. The van der Waals surface area contributed by atoms with E-state index in [4.69, 9.17) is 4.74 Å². The van der Waals surface area contributed by atoms with Crippen LogP contribution in [-0.4, -0.2) is 11.1 Å². The van der Waals surface area contributed by atoms with Crippen LogP contribution in [0.15, 0.2) is 30.5 Å². The average Bonchev–Trinajstić information content (AvgIpc) is 2.38. The van der Waals surface area contributed by atoms with E-state index in [0.717, 1.165) is 30.0 Å². The van der Waals surface area contributed by atoms with Crippen molar-refractivity contribution in [3.05, 3.63) is 47.7 Å². The summed E-state index contributed by atoms with van der Waals surface area (Å²) in [6.45, 7) is 1.98. The lowest BCUT2D eigenvalue weighted by atomic mass is 9.95. The van der Waals surface area contributed by atoms with Crippen LogP contribution in [0.1, 0.15) is 18.9 Å². The molecule has 0 saturated heterocycles. The van der Waals surface area contributed by atoms with Crippen LogP contribution in [0.2, 0.25) is 0 Å². The summed E-state index contributed by atoms with van der Waals surface area (Å²) < 4.78 is 32.5. The lowest BCUT2D eigenvalue weighted by Crippen LogP contribution is -2.20. The Balaban J connectivity index is 2.13. The third-order valence-electron chi connectivity index (χ3n) is 3.35. The lowest BCUT2D eigenvalue weighted by Gasteiger charge is -2.24. The van der Waals surface area contributed by atoms with Gasteiger partial charge in [0, 0.05) is 23.4 Å². The van der Waals surface area contributed by atoms with Gasteiger partial charge in [0.05, 0.1) is 6.10 Å². The second-order valence-corrected chi connectivity index (χ2v) is 4.73. The number of hydrogen-bond acceptors (Lipinski definition) is 2. The topological polar surface area (TPSA) is 22.1 Å². The largest absolute Gasteiger partial charge is 0.474 e. The van der Waals surface area contributed by atoms with E-state index < -0.39 is 11.6 Å². The highest BCUT2D eigenvalue weighted by molar-refractivity contribution is 5.69. The molecule has 0 radical (unpaired) electrons. The zero-order valence-corrected chi connectivity index (χ0v) is 10.5. The smallest absolute Gasteiger partial charge is 0.217 e. The Morgan fingerprint density at radius 2 is 2.05 bits per heavy atom. The minimum atomic E-state index is -0.575. The molecular formula is C15H13F2NO. The molecule has 4 heteroatoms. The van der Waals surface area contributed by atoms with Crippen molar-refractivity contribution in [3.8, 4) is 17.0 Å². The summed E-state index contributed by atoms with van der Waals surface area (Å²) in [6, 6.07) is 5.36. The van der Waals surface area contributed by atoms with Gasteiger partial charge >= 0.3 is 0 Å². The van der Waals surface area contributed by atoms with Crippen molar-refractivity contribution in [2.75, 3.05) is 0 Å². The number of benzene rings is 1. The van der Waals surface area contributed by atoms with E-state index in [1.165, 1.54) is 12.1 Å². The third-order valence-corrected chi connectivity index (χ3v) is 3.35. The molecule has 1 aliphatic rings. The zero-order valence-electron chi connectivity index (χ0n) is 10.5. The number of pyridine rings is 1. The van der Waals surface area contributed by atoms with Gasteiger partial charge in [-0.3, -0.25) is 0 Å². The summed E-state index contributed by atoms with van der Waals surface area (Å²) in [5, 5.41) is 0. The van der Waals surface area contributed by atoms with Crippen LogP contribution in [0.4, 0.5) is 8.78 Å². The SMILES string of the molecule is C[C@@H]1CCc2c(-c3ccc(F)cc3F)ccnc2O1. The van der Waals surface area contributed by atoms with Gasteiger partial charge in [0.2, 0.25) is 5.88 Å². The van der Waals surface area contributed by atoms with Gasteiger partial charge in [0.15, 0.2) is 0 Å². The summed E-state index contributed by atoms with van der Waals surface area (Å²) in [7, 11) is 0. The Kier molecular flexibility index (Phi) is 2.93. The standard InChI is InChI=1S/C15H13F2NO/c1-9-2-4-13-11(6-7-18-15(13)19-9)12-5-3-10(16)8-14(12)17/h3,5-9H,2,4H2,1H3/t9-/m1/s1. The Morgan fingerprint density at radius 1 is 1.21 bits per heavy atom. The molecule has 0 unspecified atom stereocenters. The van der Waals surface area contributed by atoms with Crippen molar-refractivity contribution in [3.63, 3.8) is 0 Å². The molecule has 0 N–H and O–H groups in total. The van der Waals surface area contributed by atoms with Gasteiger partial charge in [-0.1, -0.05) is 0 Å². The molecule has 0 bridgehead atoms. The number of hydrogen-bond donors (Lipinski definition) is 0. The van der Waals surface area contributed by atoms with Gasteiger partial charge in [-0.2, -0.15) is 0 Å². The normalized spacial score (nSPS) is 17.7. The van der Waals surface area contributed by atoms with E-state index in [1.807, 2.05) is 6.92 Å². The molecule has 0 aliphatic carbocycles. The molecule has 1 aliphatic heterocycles. The van der Waals surface area contributed by atoms with Crippen LogP contribution in [0.25, 0.3) is 11.1 Å². The maximum Gasteiger partial charge on any atom is 0.217 e. The third kappa shape index (κ3) is 2.18. The molecule has 19 heavy (non-hydrogen) atoms. The van der Waals surface area contributed by atoms with Crippen molar-refractivity contribution in [2.45, 2.75) is 25.9 Å². The average molecular weight is 261 g/mol. The van der Waals surface area contributed by atoms with Gasteiger partial charge in [-0.05, 0) is 43.5 Å². The Morgan fingerprint density at radius 3 is 2.84 bits per heavy atom. The molecular weight excluding hydrogens is 248 g/mol. The quantitative estimate of drug-likeness (QED) is 0.780. The van der Waals surface area contributed by atoms with Gasteiger partial charge in [-0.15, -0.1) is 0 Å². The highest BCUT2D eigenvalue weighted by atomic mass is 19.1. The fourth-order valence-corrected chi connectivity index (χ4v) is 2.37. The van der Waals surface area contributed by atoms with Crippen LogP contribution < -0.4 is 4.74 Å². The fraction of sp³-hybridized carbons (Fsp3) is 0.267. The molecule has 0 saturated carbocycles. The first-order valence-electron chi connectivity index (χ1n) is 6.25. The molecule has 0 spiro atoms. The minimum absolute atomic E-state index is 0.119. The predicted octanol–water partition coefficient (Wildman–Crippen LogP) is 3.74. The molecule has 3 rings (SSSR count). The number of fused-ring (bicyclic) bond motifs is 1.